The molecule has 2 saturated carbocycles. The number of rotatable bonds is 7. The number of carbonyl (C=O) groups excluding carboxylic acids is 1. The molecular weight excluding hydrogens is 306 g/mol. The largest absolute Gasteiger partial charge is 0.492 e. The Hall–Kier alpha value is -2.04. The van der Waals surface area contributed by atoms with E-state index in [0.29, 0.717) is 36.7 Å². The lowest BCUT2D eigenvalue weighted by Crippen LogP contribution is -2.44. The predicted molar refractivity (Wildman–Crippen MR) is 90.1 cm³/mol. The molecule has 2 aliphatic rings. The first kappa shape index (κ1) is 16.8. The Balaban J connectivity index is 1.64. The zero-order valence-corrected chi connectivity index (χ0v) is 13.9. The fourth-order valence-electron chi connectivity index (χ4n) is 3.31. The Morgan fingerprint density at radius 1 is 1.17 bits per heavy atom. The summed E-state index contributed by atoms with van der Waals surface area (Å²) in [6, 6.07) is 7.17. The van der Waals surface area contributed by atoms with Gasteiger partial charge in [-0.2, -0.15) is 0 Å². The van der Waals surface area contributed by atoms with E-state index in [-0.39, 0.29) is 12.5 Å². The molecule has 0 aromatic heterocycles. The van der Waals surface area contributed by atoms with Crippen LogP contribution in [0.25, 0.3) is 0 Å². The van der Waals surface area contributed by atoms with E-state index in [4.69, 9.17) is 4.74 Å². The van der Waals surface area contributed by atoms with Crippen molar-refractivity contribution in [2.45, 2.75) is 44.9 Å². The quantitative estimate of drug-likeness (QED) is 0.804. The number of carbonyl (C=O) groups is 2. The van der Waals surface area contributed by atoms with Gasteiger partial charge in [0.15, 0.2) is 0 Å². The van der Waals surface area contributed by atoms with Gasteiger partial charge in [0.05, 0.1) is 17.6 Å². The Morgan fingerprint density at radius 2 is 1.88 bits per heavy atom. The number of amides is 1. The van der Waals surface area contributed by atoms with Crippen LogP contribution in [-0.2, 0) is 4.79 Å². The van der Waals surface area contributed by atoms with Gasteiger partial charge < -0.3 is 15.2 Å². The number of para-hydroxylation sites is 1. The van der Waals surface area contributed by atoms with Crippen molar-refractivity contribution in [1.82, 2.24) is 5.32 Å². The maximum atomic E-state index is 12.5. The van der Waals surface area contributed by atoms with E-state index >= 15 is 0 Å². The van der Waals surface area contributed by atoms with Crippen molar-refractivity contribution in [2.24, 2.45) is 11.3 Å². The SMILES string of the molecule is O=C(NCC1(C(=O)O)CCCCC1)c1ccccc1OCC1CC1. The molecule has 1 amide bonds. The van der Waals surface area contributed by atoms with Crippen molar-refractivity contribution in [3.63, 3.8) is 0 Å². The maximum absolute atomic E-state index is 12.5. The highest BCUT2D eigenvalue weighted by molar-refractivity contribution is 5.97. The standard InChI is InChI=1S/C19H25NO4/c21-17(20-13-19(18(22)23)10-4-1-5-11-19)15-6-2-3-7-16(15)24-12-14-8-9-14/h2-3,6-7,14H,1,4-5,8-13H2,(H,20,21)(H,22,23). The fraction of sp³-hybridized carbons (Fsp3) is 0.579. The first-order valence-corrected chi connectivity index (χ1v) is 8.84. The normalized spacial score (nSPS) is 19.5. The summed E-state index contributed by atoms with van der Waals surface area (Å²) in [6.45, 7) is 0.821. The number of benzene rings is 1. The summed E-state index contributed by atoms with van der Waals surface area (Å²) >= 11 is 0. The van der Waals surface area contributed by atoms with E-state index < -0.39 is 11.4 Å². The zero-order chi connectivity index (χ0) is 17.0. The van der Waals surface area contributed by atoms with Gasteiger partial charge in [0.2, 0.25) is 0 Å². The highest BCUT2D eigenvalue weighted by Gasteiger charge is 2.40. The molecule has 0 spiro atoms. The molecule has 0 atom stereocenters. The molecule has 0 saturated heterocycles. The van der Waals surface area contributed by atoms with Crippen molar-refractivity contribution in [3.05, 3.63) is 29.8 Å². The van der Waals surface area contributed by atoms with Crippen LogP contribution in [0.1, 0.15) is 55.3 Å². The number of aliphatic carboxylic acids is 1. The molecule has 0 heterocycles. The van der Waals surface area contributed by atoms with Crippen LogP contribution >= 0.6 is 0 Å². The minimum Gasteiger partial charge on any atom is -0.492 e. The number of hydrogen-bond donors (Lipinski definition) is 2. The van der Waals surface area contributed by atoms with E-state index in [2.05, 4.69) is 5.32 Å². The second-order valence-corrected chi connectivity index (χ2v) is 7.08. The van der Waals surface area contributed by atoms with E-state index in [9.17, 15) is 14.7 Å². The van der Waals surface area contributed by atoms with Crippen LogP contribution in [0.4, 0.5) is 0 Å². The van der Waals surface area contributed by atoms with Gasteiger partial charge in [0, 0.05) is 6.54 Å². The number of nitrogens with one attached hydrogen (secondary N) is 1. The minimum absolute atomic E-state index is 0.179. The number of ether oxygens (including phenoxy) is 1. The Labute approximate surface area is 142 Å². The van der Waals surface area contributed by atoms with Crippen LogP contribution in [-0.4, -0.2) is 30.1 Å². The molecule has 0 aliphatic heterocycles. The summed E-state index contributed by atoms with van der Waals surface area (Å²) in [4.78, 5) is 24.2. The van der Waals surface area contributed by atoms with Crippen molar-refractivity contribution in [1.29, 1.82) is 0 Å². The van der Waals surface area contributed by atoms with Crippen molar-refractivity contribution in [3.8, 4) is 5.75 Å². The Bertz CT molecular complexity index is 603. The lowest BCUT2D eigenvalue weighted by molar-refractivity contribution is -0.150. The Kier molecular flexibility index (Phi) is 5.07. The van der Waals surface area contributed by atoms with Crippen molar-refractivity contribution in [2.75, 3.05) is 13.2 Å². The van der Waals surface area contributed by atoms with Gasteiger partial charge in [-0.1, -0.05) is 31.4 Å². The van der Waals surface area contributed by atoms with Crippen LogP contribution < -0.4 is 10.1 Å². The number of hydrogen-bond acceptors (Lipinski definition) is 3. The zero-order valence-electron chi connectivity index (χ0n) is 13.9. The molecule has 0 unspecified atom stereocenters. The number of carboxylic acids is 1. The lowest BCUT2D eigenvalue weighted by atomic mass is 9.74. The molecule has 0 bridgehead atoms. The van der Waals surface area contributed by atoms with Gasteiger partial charge in [-0.15, -0.1) is 0 Å². The van der Waals surface area contributed by atoms with Crippen molar-refractivity contribution < 1.29 is 19.4 Å². The summed E-state index contributed by atoms with van der Waals surface area (Å²) in [5.41, 5.74) is -0.341. The van der Waals surface area contributed by atoms with E-state index in [1.807, 2.05) is 6.07 Å². The molecule has 5 nitrogen and oxygen atoms in total. The lowest BCUT2D eigenvalue weighted by Gasteiger charge is -2.33. The molecule has 2 fully saturated rings. The third-order valence-electron chi connectivity index (χ3n) is 5.15. The first-order chi connectivity index (χ1) is 11.6. The highest BCUT2D eigenvalue weighted by Crippen LogP contribution is 2.36. The second-order valence-electron chi connectivity index (χ2n) is 7.08. The molecule has 2 aliphatic carbocycles. The van der Waals surface area contributed by atoms with Gasteiger partial charge in [-0.3, -0.25) is 9.59 Å². The third kappa shape index (κ3) is 3.89. The van der Waals surface area contributed by atoms with E-state index in [1.54, 1.807) is 18.2 Å². The topological polar surface area (TPSA) is 75.6 Å². The summed E-state index contributed by atoms with van der Waals surface area (Å²) in [5, 5.41) is 12.4. The smallest absolute Gasteiger partial charge is 0.311 e. The molecule has 24 heavy (non-hydrogen) atoms. The van der Waals surface area contributed by atoms with E-state index in [0.717, 1.165) is 19.3 Å². The summed E-state index contributed by atoms with van der Waals surface area (Å²) in [7, 11) is 0. The van der Waals surface area contributed by atoms with E-state index in [1.165, 1.54) is 12.8 Å². The molecule has 3 rings (SSSR count). The monoisotopic (exact) mass is 331 g/mol. The molecule has 5 heteroatoms. The summed E-state index contributed by atoms with van der Waals surface area (Å²) in [5.74, 6) is 0.127. The number of carboxylic acid groups (broad SMARTS) is 1. The summed E-state index contributed by atoms with van der Waals surface area (Å²) < 4.78 is 5.77. The second kappa shape index (κ2) is 7.24. The first-order valence-electron chi connectivity index (χ1n) is 8.84. The predicted octanol–water partition coefficient (Wildman–Crippen LogP) is 3.24. The fourth-order valence-corrected chi connectivity index (χ4v) is 3.31. The summed E-state index contributed by atoms with van der Waals surface area (Å²) in [6.07, 6.45) is 6.52. The van der Waals surface area contributed by atoms with Crippen LogP contribution in [0.15, 0.2) is 24.3 Å². The van der Waals surface area contributed by atoms with Crippen LogP contribution in [0.5, 0.6) is 5.75 Å². The molecule has 2 N–H and O–H groups in total. The maximum Gasteiger partial charge on any atom is 0.311 e. The van der Waals surface area contributed by atoms with Gasteiger partial charge in [-0.25, -0.2) is 0 Å². The van der Waals surface area contributed by atoms with Gasteiger partial charge in [0.25, 0.3) is 5.91 Å². The Morgan fingerprint density at radius 3 is 2.54 bits per heavy atom. The average Bonchev–Trinajstić information content (AvgIpc) is 3.43. The molecular formula is C19H25NO4. The molecule has 130 valence electrons. The van der Waals surface area contributed by atoms with Crippen LogP contribution in [0.2, 0.25) is 0 Å². The molecule has 0 radical (unpaired) electrons. The molecule has 1 aromatic rings. The average molecular weight is 331 g/mol. The van der Waals surface area contributed by atoms with Crippen LogP contribution in [0, 0.1) is 11.3 Å². The molecule has 1 aromatic carbocycles. The van der Waals surface area contributed by atoms with Gasteiger partial charge >= 0.3 is 5.97 Å². The van der Waals surface area contributed by atoms with Crippen molar-refractivity contribution >= 4 is 11.9 Å². The van der Waals surface area contributed by atoms with Gasteiger partial charge in [-0.05, 0) is 43.7 Å². The third-order valence-corrected chi connectivity index (χ3v) is 5.15. The van der Waals surface area contributed by atoms with Crippen LogP contribution in [0.3, 0.4) is 0 Å². The minimum atomic E-state index is -0.822. The highest BCUT2D eigenvalue weighted by atomic mass is 16.5. The van der Waals surface area contributed by atoms with Gasteiger partial charge in [0.1, 0.15) is 5.75 Å².